The summed E-state index contributed by atoms with van der Waals surface area (Å²) in [5.41, 5.74) is 1.04. The molecule has 0 N–H and O–H groups in total. The molecule has 4 rings (SSSR count). The summed E-state index contributed by atoms with van der Waals surface area (Å²) in [5.74, 6) is 1.39. The van der Waals surface area contributed by atoms with E-state index in [4.69, 9.17) is 4.42 Å². The van der Waals surface area contributed by atoms with Gasteiger partial charge in [0.05, 0.1) is 18.3 Å². The number of likely N-dealkylation sites (N-methyl/N-ethyl adjacent to an activating group) is 1. The predicted molar refractivity (Wildman–Crippen MR) is 100 cm³/mol. The van der Waals surface area contributed by atoms with E-state index in [9.17, 15) is 9.59 Å². The second-order valence-electron chi connectivity index (χ2n) is 6.83. The van der Waals surface area contributed by atoms with Crippen LogP contribution in [0.25, 0.3) is 10.2 Å². The molecule has 0 aromatic carbocycles. The molecular weight excluding hydrogens is 350 g/mol. The van der Waals surface area contributed by atoms with Crippen LogP contribution >= 0.6 is 11.3 Å². The molecule has 0 saturated carbocycles. The van der Waals surface area contributed by atoms with E-state index in [1.165, 1.54) is 22.2 Å². The summed E-state index contributed by atoms with van der Waals surface area (Å²) in [6.45, 7) is 2.24. The van der Waals surface area contributed by atoms with Gasteiger partial charge in [0, 0.05) is 11.9 Å². The first-order valence-corrected chi connectivity index (χ1v) is 9.63. The van der Waals surface area contributed by atoms with Gasteiger partial charge in [0.1, 0.15) is 22.9 Å². The van der Waals surface area contributed by atoms with Crippen molar-refractivity contribution in [1.29, 1.82) is 0 Å². The second kappa shape index (κ2) is 6.72. The maximum Gasteiger partial charge on any atom is 0.262 e. The molecule has 6 nitrogen and oxygen atoms in total. The molecule has 0 radical (unpaired) electrons. The third-order valence-corrected chi connectivity index (χ3v) is 6.06. The number of hydrogen-bond acceptors (Lipinski definition) is 5. The molecule has 3 aromatic rings. The summed E-state index contributed by atoms with van der Waals surface area (Å²) in [5, 5.41) is 0.712. The first kappa shape index (κ1) is 17.0. The molecule has 1 aliphatic carbocycles. The van der Waals surface area contributed by atoms with Crippen LogP contribution in [0.15, 0.2) is 27.7 Å². The van der Waals surface area contributed by atoms with Crippen molar-refractivity contribution in [1.82, 2.24) is 14.5 Å². The zero-order valence-electron chi connectivity index (χ0n) is 14.9. The van der Waals surface area contributed by atoms with Crippen molar-refractivity contribution in [3.63, 3.8) is 0 Å². The van der Waals surface area contributed by atoms with E-state index >= 15 is 0 Å². The molecule has 3 aromatic heterocycles. The fraction of sp³-hybridized carbons (Fsp3) is 0.421. The van der Waals surface area contributed by atoms with Crippen LogP contribution in [0.2, 0.25) is 0 Å². The Labute approximate surface area is 155 Å². The highest BCUT2D eigenvalue weighted by Gasteiger charge is 2.21. The summed E-state index contributed by atoms with van der Waals surface area (Å²) in [7, 11) is 1.71. The maximum atomic E-state index is 12.9. The highest BCUT2D eigenvalue weighted by atomic mass is 32.1. The van der Waals surface area contributed by atoms with E-state index in [-0.39, 0.29) is 18.0 Å². The van der Waals surface area contributed by atoms with Crippen LogP contribution in [-0.4, -0.2) is 27.4 Å². The zero-order chi connectivity index (χ0) is 18.3. The van der Waals surface area contributed by atoms with E-state index in [1.54, 1.807) is 23.3 Å². The summed E-state index contributed by atoms with van der Waals surface area (Å²) < 4.78 is 6.94. The summed E-state index contributed by atoms with van der Waals surface area (Å²) in [6.07, 6.45) is 5.73. The van der Waals surface area contributed by atoms with Gasteiger partial charge in [-0.3, -0.25) is 14.2 Å². The van der Waals surface area contributed by atoms with Crippen LogP contribution in [0, 0.1) is 6.92 Å². The number of hydrogen-bond donors (Lipinski definition) is 0. The number of carbonyl (C=O) groups is 1. The Morgan fingerprint density at radius 1 is 1.35 bits per heavy atom. The van der Waals surface area contributed by atoms with Crippen LogP contribution in [0.3, 0.4) is 0 Å². The smallest absolute Gasteiger partial charge is 0.262 e. The Balaban J connectivity index is 1.57. The molecule has 136 valence electrons. The Hall–Kier alpha value is -2.41. The first-order valence-electron chi connectivity index (χ1n) is 8.82. The Bertz CT molecular complexity index is 1030. The number of furan rings is 1. The van der Waals surface area contributed by atoms with E-state index in [0.717, 1.165) is 41.2 Å². The normalized spacial score (nSPS) is 13.8. The third kappa shape index (κ3) is 3.07. The van der Waals surface area contributed by atoms with Gasteiger partial charge in [-0.1, -0.05) is 0 Å². The average Bonchev–Trinajstić information content (AvgIpc) is 3.20. The Kier molecular flexibility index (Phi) is 4.40. The van der Waals surface area contributed by atoms with E-state index in [0.29, 0.717) is 11.9 Å². The van der Waals surface area contributed by atoms with Crippen molar-refractivity contribution in [2.45, 2.75) is 45.7 Å². The van der Waals surface area contributed by atoms with Crippen molar-refractivity contribution in [2.24, 2.45) is 0 Å². The number of aryl methyl sites for hydroxylation is 3. The minimum Gasteiger partial charge on any atom is -0.464 e. The van der Waals surface area contributed by atoms with Gasteiger partial charge < -0.3 is 9.32 Å². The lowest BCUT2D eigenvalue weighted by Gasteiger charge is -2.16. The fourth-order valence-electron chi connectivity index (χ4n) is 3.45. The van der Waals surface area contributed by atoms with Gasteiger partial charge in [0.15, 0.2) is 0 Å². The molecule has 1 aliphatic rings. The van der Waals surface area contributed by atoms with Crippen molar-refractivity contribution >= 4 is 27.5 Å². The second-order valence-corrected chi connectivity index (χ2v) is 7.91. The van der Waals surface area contributed by atoms with Crippen LogP contribution in [0.4, 0.5) is 0 Å². The molecule has 0 aliphatic heterocycles. The van der Waals surface area contributed by atoms with Gasteiger partial charge >= 0.3 is 0 Å². The van der Waals surface area contributed by atoms with E-state index < -0.39 is 0 Å². The summed E-state index contributed by atoms with van der Waals surface area (Å²) in [6, 6.07) is 3.73. The zero-order valence-corrected chi connectivity index (χ0v) is 15.8. The van der Waals surface area contributed by atoms with Crippen molar-refractivity contribution in [3.05, 3.63) is 50.8 Å². The fourth-order valence-corrected chi connectivity index (χ4v) is 4.67. The predicted octanol–water partition coefficient (Wildman–Crippen LogP) is 2.90. The molecule has 26 heavy (non-hydrogen) atoms. The monoisotopic (exact) mass is 371 g/mol. The van der Waals surface area contributed by atoms with Gasteiger partial charge in [-0.15, -0.1) is 11.3 Å². The summed E-state index contributed by atoms with van der Waals surface area (Å²) in [4.78, 5) is 33.5. The van der Waals surface area contributed by atoms with Crippen LogP contribution in [0.1, 0.15) is 34.8 Å². The van der Waals surface area contributed by atoms with E-state index in [1.807, 2.05) is 19.1 Å². The lowest BCUT2D eigenvalue weighted by molar-refractivity contribution is -0.131. The van der Waals surface area contributed by atoms with Crippen molar-refractivity contribution in [3.8, 4) is 0 Å². The molecule has 3 heterocycles. The molecule has 0 fully saturated rings. The summed E-state index contributed by atoms with van der Waals surface area (Å²) >= 11 is 1.62. The molecule has 0 bridgehead atoms. The lowest BCUT2D eigenvalue weighted by atomic mass is 9.97. The molecule has 1 amide bonds. The number of fused-ring (bicyclic) bond motifs is 3. The van der Waals surface area contributed by atoms with Gasteiger partial charge in [-0.2, -0.15) is 0 Å². The van der Waals surface area contributed by atoms with E-state index in [2.05, 4.69) is 4.98 Å². The topological polar surface area (TPSA) is 68.3 Å². The molecule has 0 atom stereocenters. The number of aromatic nitrogens is 2. The quantitative estimate of drug-likeness (QED) is 0.707. The third-order valence-electron chi connectivity index (χ3n) is 4.86. The van der Waals surface area contributed by atoms with Crippen LogP contribution in [0.5, 0.6) is 0 Å². The minimum absolute atomic E-state index is 0.0113. The molecule has 0 saturated heterocycles. The van der Waals surface area contributed by atoms with Crippen molar-refractivity contribution < 1.29 is 9.21 Å². The standard InChI is InChI=1S/C19H21N3O3S/c1-12-7-8-13(25-12)9-21(2)16(23)10-22-11-20-18-17(19(22)24)14-5-3-4-6-15(14)26-18/h7-8,11H,3-6,9-10H2,1-2H3. The SMILES string of the molecule is Cc1ccc(CN(C)C(=O)Cn2cnc3sc4c(c3c2=O)CCCC4)o1. The first-order chi connectivity index (χ1) is 12.5. The van der Waals surface area contributed by atoms with Gasteiger partial charge in [0.2, 0.25) is 5.91 Å². The Morgan fingerprint density at radius 2 is 2.15 bits per heavy atom. The highest BCUT2D eigenvalue weighted by molar-refractivity contribution is 7.18. The minimum atomic E-state index is -0.147. The largest absolute Gasteiger partial charge is 0.464 e. The van der Waals surface area contributed by atoms with Crippen LogP contribution in [-0.2, 0) is 30.7 Å². The molecule has 7 heteroatoms. The number of carbonyl (C=O) groups excluding carboxylic acids is 1. The van der Waals surface area contributed by atoms with Crippen molar-refractivity contribution in [2.75, 3.05) is 7.05 Å². The highest BCUT2D eigenvalue weighted by Crippen LogP contribution is 2.33. The van der Waals surface area contributed by atoms with Gasteiger partial charge in [0.25, 0.3) is 5.56 Å². The number of rotatable bonds is 4. The van der Waals surface area contributed by atoms with Gasteiger partial charge in [-0.05, 0) is 50.3 Å². The molecular formula is C19H21N3O3S. The lowest BCUT2D eigenvalue weighted by Crippen LogP contribution is -2.33. The number of thiophene rings is 1. The average molecular weight is 371 g/mol. The number of nitrogens with zero attached hydrogens (tertiary/aromatic N) is 3. The molecule has 0 spiro atoms. The Morgan fingerprint density at radius 3 is 2.92 bits per heavy atom. The van der Waals surface area contributed by atoms with Crippen LogP contribution < -0.4 is 5.56 Å². The number of amides is 1. The van der Waals surface area contributed by atoms with Gasteiger partial charge in [-0.25, -0.2) is 4.98 Å². The molecule has 0 unspecified atom stereocenters. The maximum absolute atomic E-state index is 12.9.